The van der Waals surface area contributed by atoms with Crippen molar-refractivity contribution in [1.82, 2.24) is 30.0 Å². The van der Waals surface area contributed by atoms with Crippen LogP contribution in [0.1, 0.15) is 39.6 Å². The number of rotatable bonds is 8. The molecule has 1 aromatic carbocycles. The van der Waals surface area contributed by atoms with Gasteiger partial charge in [0, 0.05) is 16.7 Å². The van der Waals surface area contributed by atoms with E-state index in [4.69, 9.17) is 17.3 Å². The van der Waals surface area contributed by atoms with Crippen molar-refractivity contribution in [3.05, 3.63) is 59.0 Å². The van der Waals surface area contributed by atoms with Gasteiger partial charge in [0.2, 0.25) is 0 Å². The molecule has 2 amide bonds. The average Bonchev–Trinajstić information content (AvgIpc) is 3.23. The van der Waals surface area contributed by atoms with E-state index in [-0.39, 0.29) is 27.9 Å². The lowest BCUT2D eigenvalue weighted by Crippen LogP contribution is -2.33. The number of halogens is 5. The highest BCUT2D eigenvalue weighted by Crippen LogP contribution is 2.30. The van der Waals surface area contributed by atoms with Crippen LogP contribution in [0.5, 0.6) is 5.75 Å². The number of nitrogens with two attached hydrogens (primary N) is 1. The smallest absolute Gasteiger partial charge is 0.428 e. The first-order valence-corrected chi connectivity index (χ1v) is 9.34. The molecule has 33 heavy (non-hydrogen) atoms. The molecular formula is C18H14ClF4N7O3. The summed E-state index contributed by atoms with van der Waals surface area (Å²) in [4.78, 5) is 35.7. The molecule has 3 aromatic rings. The number of alkyl halides is 4. The summed E-state index contributed by atoms with van der Waals surface area (Å²) in [6.07, 6.45) is -6.60. The molecule has 0 saturated heterocycles. The van der Waals surface area contributed by atoms with Gasteiger partial charge in [-0.2, -0.15) is 27.3 Å². The molecule has 0 spiro atoms. The van der Waals surface area contributed by atoms with Crippen LogP contribution in [0.3, 0.4) is 0 Å². The van der Waals surface area contributed by atoms with Crippen molar-refractivity contribution in [2.24, 2.45) is 5.73 Å². The van der Waals surface area contributed by atoms with Crippen LogP contribution in [0, 0.1) is 0 Å². The Morgan fingerprint density at radius 3 is 2.55 bits per heavy atom. The first-order chi connectivity index (χ1) is 15.5. The molecule has 1 atom stereocenters. The molecule has 3 N–H and O–H groups in total. The summed E-state index contributed by atoms with van der Waals surface area (Å²) in [6, 6.07) is 3.26. The number of ether oxygens (including phenoxy) is 1. The Balaban J connectivity index is 1.82. The molecule has 2 heterocycles. The molecule has 0 saturated carbocycles. The molecule has 174 valence electrons. The third-order valence-electron chi connectivity index (χ3n) is 4.07. The normalized spacial score (nSPS) is 12.5. The number of carbonyl (C=O) groups is 2. The Morgan fingerprint density at radius 2 is 1.88 bits per heavy atom. The fourth-order valence-electron chi connectivity index (χ4n) is 2.62. The Bertz CT molecular complexity index is 1190. The van der Waals surface area contributed by atoms with Gasteiger partial charge in [-0.1, -0.05) is 11.6 Å². The van der Waals surface area contributed by atoms with E-state index in [1.807, 2.05) is 0 Å². The largest absolute Gasteiger partial charge is 0.461 e. The molecule has 2 aromatic heterocycles. The number of hydrogen-bond acceptors (Lipinski definition) is 7. The highest BCUT2D eigenvalue weighted by molar-refractivity contribution is 6.31. The van der Waals surface area contributed by atoms with Crippen LogP contribution in [0.2, 0.25) is 5.02 Å². The van der Waals surface area contributed by atoms with E-state index in [1.54, 1.807) is 0 Å². The standard InChI is InChI=1S/C18H14ClF4N7O3/c1-8(15-27-7-28-30(15)13-5-12(14(24)31)25-6-26-13)29-16(32)9-2-10(19)4-11(3-9)33-18(22,23)17(20)21/h2-8,17H,1H3,(H2,24,31)(H,29,32)/t8-/m0/s1. The van der Waals surface area contributed by atoms with Crippen LogP contribution in [0.25, 0.3) is 5.82 Å². The van der Waals surface area contributed by atoms with Crippen LogP contribution in [-0.4, -0.2) is 49.1 Å². The number of amides is 2. The van der Waals surface area contributed by atoms with Crippen molar-refractivity contribution in [3.8, 4) is 11.6 Å². The lowest BCUT2D eigenvalue weighted by atomic mass is 10.2. The van der Waals surface area contributed by atoms with Crippen LogP contribution in [0.15, 0.2) is 36.9 Å². The first kappa shape index (κ1) is 23.8. The van der Waals surface area contributed by atoms with E-state index in [0.717, 1.165) is 24.5 Å². The predicted molar refractivity (Wildman–Crippen MR) is 104 cm³/mol. The third kappa shape index (κ3) is 5.52. The number of primary amides is 1. The second-order valence-corrected chi connectivity index (χ2v) is 6.93. The Labute approximate surface area is 187 Å². The zero-order valence-electron chi connectivity index (χ0n) is 16.5. The summed E-state index contributed by atoms with van der Waals surface area (Å²) >= 11 is 5.81. The molecule has 10 nitrogen and oxygen atoms in total. The minimum absolute atomic E-state index is 0.0785. The van der Waals surface area contributed by atoms with E-state index < -0.39 is 36.1 Å². The highest BCUT2D eigenvalue weighted by Gasteiger charge is 2.44. The maximum absolute atomic E-state index is 13.2. The van der Waals surface area contributed by atoms with Gasteiger partial charge < -0.3 is 15.8 Å². The molecule has 15 heteroatoms. The van der Waals surface area contributed by atoms with E-state index in [9.17, 15) is 27.2 Å². The second kappa shape index (κ2) is 9.36. The van der Waals surface area contributed by atoms with Gasteiger partial charge in [-0.05, 0) is 25.1 Å². The van der Waals surface area contributed by atoms with Crippen molar-refractivity contribution in [2.45, 2.75) is 25.5 Å². The topological polar surface area (TPSA) is 138 Å². The van der Waals surface area contributed by atoms with Crippen molar-refractivity contribution in [1.29, 1.82) is 0 Å². The Kier molecular flexibility index (Phi) is 6.76. The van der Waals surface area contributed by atoms with Crippen molar-refractivity contribution in [2.75, 3.05) is 0 Å². The van der Waals surface area contributed by atoms with Crippen molar-refractivity contribution in [3.63, 3.8) is 0 Å². The summed E-state index contributed by atoms with van der Waals surface area (Å²) < 4.78 is 56.4. The second-order valence-electron chi connectivity index (χ2n) is 6.49. The summed E-state index contributed by atoms with van der Waals surface area (Å²) in [5, 5.41) is 6.33. The van der Waals surface area contributed by atoms with Crippen LogP contribution >= 0.6 is 11.6 Å². The molecule has 0 radical (unpaired) electrons. The minimum Gasteiger partial charge on any atom is -0.428 e. The monoisotopic (exact) mass is 487 g/mol. The van der Waals surface area contributed by atoms with E-state index in [1.165, 1.54) is 24.0 Å². The van der Waals surface area contributed by atoms with Gasteiger partial charge in [-0.25, -0.2) is 15.0 Å². The number of nitrogens with zero attached hydrogens (tertiary/aromatic N) is 5. The lowest BCUT2D eigenvalue weighted by molar-refractivity contribution is -0.253. The van der Waals surface area contributed by atoms with Gasteiger partial charge in [-0.3, -0.25) is 9.59 Å². The van der Waals surface area contributed by atoms with Crippen molar-refractivity contribution < 1.29 is 31.9 Å². The van der Waals surface area contributed by atoms with Gasteiger partial charge in [0.1, 0.15) is 24.1 Å². The molecule has 0 fully saturated rings. The molecular weight excluding hydrogens is 474 g/mol. The fourth-order valence-corrected chi connectivity index (χ4v) is 2.84. The van der Waals surface area contributed by atoms with Crippen LogP contribution < -0.4 is 15.8 Å². The molecule has 0 aliphatic heterocycles. The quantitative estimate of drug-likeness (QED) is 0.465. The average molecular weight is 488 g/mol. The zero-order chi connectivity index (χ0) is 24.3. The number of hydrogen-bond donors (Lipinski definition) is 2. The van der Waals surface area contributed by atoms with E-state index >= 15 is 0 Å². The third-order valence-corrected chi connectivity index (χ3v) is 4.29. The molecule has 0 aliphatic carbocycles. The predicted octanol–water partition coefficient (Wildman–Crippen LogP) is 2.54. The molecule has 0 unspecified atom stereocenters. The van der Waals surface area contributed by atoms with Gasteiger partial charge in [0.25, 0.3) is 11.8 Å². The lowest BCUT2D eigenvalue weighted by Gasteiger charge is -2.18. The van der Waals surface area contributed by atoms with Crippen LogP contribution in [0.4, 0.5) is 17.6 Å². The maximum atomic E-state index is 13.2. The summed E-state index contributed by atoms with van der Waals surface area (Å²) in [5.74, 6) is -2.00. The highest BCUT2D eigenvalue weighted by atomic mass is 35.5. The van der Waals surface area contributed by atoms with Crippen molar-refractivity contribution >= 4 is 23.4 Å². The zero-order valence-corrected chi connectivity index (χ0v) is 17.3. The van der Waals surface area contributed by atoms with Gasteiger partial charge in [0.15, 0.2) is 11.6 Å². The first-order valence-electron chi connectivity index (χ1n) is 8.96. The number of aromatic nitrogens is 5. The SMILES string of the molecule is C[C@H](NC(=O)c1cc(Cl)cc(OC(F)(F)C(F)F)c1)c1ncnn1-c1cc(C(N)=O)ncn1. The number of nitrogens with one attached hydrogen (secondary N) is 1. The summed E-state index contributed by atoms with van der Waals surface area (Å²) in [6.45, 7) is 1.53. The molecule has 0 bridgehead atoms. The maximum Gasteiger partial charge on any atom is 0.461 e. The molecule has 0 aliphatic rings. The summed E-state index contributed by atoms with van der Waals surface area (Å²) in [7, 11) is 0. The molecule has 3 rings (SSSR count). The minimum atomic E-state index is -4.77. The van der Waals surface area contributed by atoms with Crippen LogP contribution in [-0.2, 0) is 0 Å². The number of carbonyl (C=O) groups excluding carboxylic acids is 2. The Hall–Kier alpha value is -3.81. The van der Waals surface area contributed by atoms with Gasteiger partial charge >= 0.3 is 12.5 Å². The van der Waals surface area contributed by atoms with Gasteiger partial charge in [-0.15, -0.1) is 0 Å². The summed E-state index contributed by atoms with van der Waals surface area (Å²) in [5.41, 5.74) is 4.89. The Morgan fingerprint density at radius 1 is 1.15 bits per heavy atom. The van der Waals surface area contributed by atoms with E-state index in [0.29, 0.717) is 0 Å². The van der Waals surface area contributed by atoms with Gasteiger partial charge in [0.05, 0.1) is 6.04 Å². The fraction of sp³-hybridized carbons (Fsp3) is 0.222. The van der Waals surface area contributed by atoms with E-state index in [2.05, 4.69) is 30.1 Å². The number of benzene rings is 1.